The van der Waals surface area contributed by atoms with Crippen LogP contribution in [0.4, 0.5) is 0 Å². The van der Waals surface area contributed by atoms with Crippen molar-refractivity contribution in [1.82, 2.24) is 14.8 Å². The van der Waals surface area contributed by atoms with Crippen molar-refractivity contribution in [3.8, 4) is 0 Å². The number of carbonyl (C=O) groups excluding carboxylic acids is 2. The Balaban J connectivity index is 1.48. The Hall–Kier alpha value is -2.30. The van der Waals surface area contributed by atoms with Crippen LogP contribution in [-0.2, 0) is 22.6 Å². The van der Waals surface area contributed by atoms with E-state index in [0.29, 0.717) is 25.4 Å². The zero-order valence-electron chi connectivity index (χ0n) is 14.9. The van der Waals surface area contributed by atoms with Gasteiger partial charge < -0.3 is 14.8 Å². The molecule has 1 unspecified atom stereocenters. The number of fused-ring (bicyclic) bond motifs is 3. The molecule has 1 N–H and O–H groups in total. The Bertz CT molecular complexity index is 823. The summed E-state index contributed by atoms with van der Waals surface area (Å²) >= 11 is 0. The van der Waals surface area contributed by atoms with Crippen LogP contribution in [0.3, 0.4) is 0 Å². The molecule has 2 amide bonds. The van der Waals surface area contributed by atoms with Gasteiger partial charge in [0.1, 0.15) is 0 Å². The van der Waals surface area contributed by atoms with Gasteiger partial charge in [-0.25, -0.2) is 0 Å². The molecule has 0 radical (unpaired) electrons. The molecule has 132 valence electrons. The van der Waals surface area contributed by atoms with Crippen LogP contribution in [0, 0.1) is 11.8 Å². The monoisotopic (exact) mass is 339 g/mol. The molecule has 1 fully saturated rings. The molecular weight excluding hydrogens is 314 g/mol. The molecule has 1 aromatic heterocycles. The SMILES string of the molecule is CC(C)CN1CC(C(=O)N2CCc3c([nH]c4ccccc34)C2)CC1=O. The van der Waals surface area contributed by atoms with Crippen LogP contribution < -0.4 is 0 Å². The minimum atomic E-state index is -0.183. The van der Waals surface area contributed by atoms with Crippen LogP contribution in [0.15, 0.2) is 24.3 Å². The summed E-state index contributed by atoms with van der Waals surface area (Å²) < 4.78 is 0. The van der Waals surface area contributed by atoms with Crippen LogP contribution in [0.2, 0.25) is 0 Å². The van der Waals surface area contributed by atoms with Gasteiger partial charge in [0.05, 0.1) is 12.5 Å². The molecule has 1 aromatic carbocycles. The second kappa shape index (κ2) is 6.21. The molecule has 0 aliphatic carbocycles. The third-order valence-electron chi connectivity index (χ3n) is 5.34. The number of H-pyrrole nitrogens is 1. The molecule has 1 saturated heterocycles. The first-order chi connectivity index (χ1) is 12.0. The number of aromatic amines is 1. The van der Waals surface area contributed by atoms with Crippen molar-refractivity contribution < 1.29 is 9.59 Å². The number of hydrogen-bond acceptors (Lipinski definition) is 2. The Kier molecular flexibility index (Phi) is 4.02. The van der Waals surface area contributed by atoms with Gasteiger partial charge in [-0.1, -0.05) is 32.0 Å². The number of nitrogens with zero attached hydrogens (tertiary/aromatic N) is 2. The highest BCUT2D eigenvalue weighted by atomic mass is 16.2. The summed E-state index contributed by atoms with van der Waals surface area (Å²) in [5.41, 5.74) is 3.62. The standard InChI is InChI=1S/C20H25N3O2/c1-13(2)10-23-11-14(9-19(23)24)20(25)22-8-7-16-15-5-3-4-6-17(15)21-18(16)12-22/h3-6,13-14,21H,7-12H2,1-2H3. The van der Waals surface area contributed by atoms with Crippen LogP contribution in [0.1, 0.15) is 31.5 Å². The van der Waals surface area contributed by atoms with Gasteiger partial charge in [0.25, 0.3) is 0 Å². The Morgan fingerprint density at radius 1 is 1.32 bits per heavy atom. The Morgan fingerprint density at radius 3 is 2.92 bits per heavy atom. The molecule has 5 nitrogen and oxygen atoms in total. The highest BCUT2D eigenvalue weighted by Crippen LogP contribution is 2.29. The largest absolute Gasteiger partial charge is 0.357 e. The number of hydrogen-bond donors (Lipinski definition) is 1. The summed E-state index contributed by atoms with van der Waals surface area (Å²) in [5, 5.41) is 1.27. The average Bonchev–Trinajstić information content (AvgIpc) is 3.13. The van der Waals surface area contributed by atoms with Gasteiger partial charge >= 0.3 is 0 Å². The molecule has 2 aromatic rings. The molecule has 1 atom stereocenters. The zero-order valence-corrected chi connectivity index (χ0v) is 14.9. The van der Waals surface area contributed by atoms with E-state index in [9.17, 15) is 9.59 Å². The van der Waals surface area contributed by atoms with Crippen LogP contribution in [0.25, 0.3) is 10.9 Å². The van der Waals surface area contributed by atoms with Gasteiger partial charge in [0.15, 0.2) is 0 Å². The van der Waals surface area contributed by atoms with Crippen molar-refractivity contribution in [3.05, 3.63) is 35.5 Å². The van der Waals surface area contributed by atoms with Gasteiger partial charge in [-0.3, -0.25) is 9.59 Å². The number of para-hydroxylation sites is 1. The van der Waals surface area contributed by atoms with Crippen molar-refractivity contribution in [2.24, 2.45) is 11.8 Å². The van der Waals surface area contributed by atoms with Crippen molar-refractivity contribution >= 4 is 22.7 Å². The summed E-state index contributed by atoms with van der Waals surface area (Å²) in [7, 11) is 0. The molecular formula is C20H25N3O2. The molecule has 2 aliphatic heterocycles. The lowest BCUT2D eigenvalue weighted by Gasteiger charge is -2.29. The quantitative estimate of drug-likeness (QED) is 0.934. The smallest absolute Gasteiger partial charge is 0.228 e. The van der Waals surface area contributed by atoms with E-state index in [1.54, 1.807) is 0 Å². The van der Waals surface area contributed by atoms with Crippen molar-refractivity contribution in [2.45, 2.75) is 33.2 Å². The van der Waals surface area contributed by atoms with Gasteiger partial charge in [-0.15, -0.1) is 0 Å². The fourth-order valence-electron chi connectivity index (χ4n) is 4.19. The number of carbonyl (C=O) groups is 2. The Morgan fingerprint density at radius 2 is 2.12 bits per heavy atom. The summed E-state index contributed by atoms with van der Waals surface area (Å²) in [6.45, 7) is 6.88. The van der Waals surface area contributed by atoms with E-state index in [2.05, 4.69) is 37.0 Å². The van der Waals surface area contributed by atoms with E-state index in [1.165, 1.54) is 10.9 Å². The van der Waals surface area contributed by atoms with E-state index in [4.69, 9.17) is 0 Å². The molecule has 2 aliphatic rings. The lowest BCUT2D eigenvalue weighted by molar-refractivity contribution is -0.136. The van der Waals surface area contributed by atoms with E-state index >= 15 is 0 Å². The first-order valence-electron chi connectivity index (χ1n) is 9.18. The fourth-order valence-corrected chi connectivity index (χ4v) is 4.19. The van der Waals surface area contributed by atoms with Crippen LogP contribution in [-0.4, -0.2) is 46.2 Å². The molecule has 5 heteroatoms. The van der Waals surface area contributed by atoms with E-state index < -0.39 is 0 Å². The summed E-state index contributed by atoms with van der Waals surface area (Å²) in [6.07, 6.45) is 1.24. The number of likely N-dealkylation sites (tertiary alicyclic amines) is 1. The van der Waals surface area contributed by atoms with Gasteiger partial charge in [-0.2, -0.15) is 0 Å². The fraction of sp³-hybridized carbons (Fsp3) is 0.500. The Labute approximate surface area is 148 Å². The maximum absolute atomic E-state index is 12.9. The first kappa shape index (κ1) is 16.2. The predicted octanol–water partition coefficient (Wildman–Crippen LogP) is 2.56. The maximum Gasteiger partial charge on any atom is 0.228 e. The second-order valence-corrected chi connectivity index (χ2v) is 7.73. The zero-order chi connectivity index (χ0) is 17.6. The molecule has 0 saturated carbocycles. The summed E-state index contributed by atoms with van der Waals surface area (Å²) in [6, 6.07) is 8.31. The van der Waals surface area contributed by atoms with E-state index in [1.807, 2.05) is 15.9 Å². The molecule has 0 bridgehead atoms. The first-order valence-corrected chi connectivity index (χ1v) is 9.18. The number of rotatable bonds is 3. The third-order valence-corrected chi connectivity index (χ3v) is 5.34. The van der Waals surface area contributed by atoms with Gasteiger partial charge in [0.2, 0.25) is 11.8 Å². The number of amides is 2. The van der Waals surface area contributed by atoms with Crippen molar-refractivity contribution in [1.29, 1.82) is 0 Å². The topological polar surface area (TPSA) is 56.4 Å². The molecule has 0 spiro atoms. The van der Waals surface area contributed by atoms with Gasteiger partial charge in [-0.05, 0) is 24.0 Å². The van der Waals surface area contributed by atoms with E-state index in [-0.39, 0.29) is 17.7 Å². The van der Waals surface area contributed by atoms with Crippen molar-refractivity contribution in [2.75, 3.05) is 19.6 Å². The van der Waals surface area contributed by atoms with Crippen LogP contribution in [0.5, 0.6) is 0 Å². The highest BCUT2D eigenvalue weighted by molar-refractivity contribution is 5.90. The van der Waals surface area contributed by atoms with E-state index in [0.717, 1.165) is 30.7 Å². The highest BCUT2D eigenvalue weighted by Gasteiger charge is 2.37. The summed E-state index contributed by atoms with van der Waals surface area (Å²) in [5.74, 6) is 0.498. The number of aromatic nitrogens is 1. The molecule has 4 rings (SSSR count). The normalized spacial score (nSPS) is 20.6. The van der Waals surface area contributed by atoms with Crippen LogP contribution >= 0.6 is 0 Å². The number of benzene rings is 1. The predicted molar refractivity (Wildman–Crippen MR) is 96.9 cm³/mol. The van der Waals surface area contributed by atoms with Gasteiger partial charge in [0, 0.05) is 42.7 Å². The molecule has 3 heterocycles. The number of nitrogens with one attached hydrogen (secondary N) is 1. The lowest BCUT2D eigenvalue weighted by Crippen LogP contribution is -2.40. The minimum Gasteiger partial charge on any atom is -0.357 e. The lowest BCUT2D eigenvalue weighted by atomic mass is 10.0. The third kappa shape index (κ3) is 2.92. The summed E-state index contributed by atoms with van der Waals surface area (Å²) in [4.78, 5) is 32.3. The average molecular weight is 339 g/mol. The maximum atomic E-state index is 12.9. The molecule has 25 heavy (non-hydrogen) atoms. The second-order valence-electron chi connectivity index (χ2n) is 7.73. The van der Waals surface area contributed by atoms with Crippen molar-refractivity contribution in [3.63, 3.8) is 0 Å². The minimum absolute atomic E-state index is 0.121.